The molecule has 176 valence electrons. The van der Waals surface area contributed by atoms with Gasteiger partial charge in [-0.2, -0.15) is 17.7 Å². The topological polar surface area (TPSA) is 75.9 Å². The highest BCUT2D eigenvalue weighted by Crippen LogP contribution is 2.29. The van der Waals surface area contributed by atoms with Gasteiger partial charge in [0.25, 0.3) is 5.82 Å². The maximum Gasteiger partial charge on any atom is 0.453 e. The van der Waals surface area contributed by atoms with Crippen LogP contribution in [0.5, 0.6) is 5.75 Å². The van der Waals surface area contributed by atoms with E-state index in [1.54, 1.807) is 18.0 Å². The Bertz CT molecular complexity index is 1110. The highest BCUT2D eigenvalue weighted by Gasteiger charge is 2.38. The molecule has 0 unspecified atom stereocenters. The van der Waals surface area contributed by atoms with Gasteiger partial charge in [-0.15, -0.1) is 15.3 Å². The maximum atomic E-state index is 13.1. The van der Waals surface area contributed by atoms with Gasteiger partial charge in [0.1, 0.15) is 18.2 Å². The third-order valence-electron chi connectivity index (χ3n) is 5.76. The molecular formula is C22H25F3N6O2. The van der Waals surface area contributed by atoms with Crippen molar-refractivity contribution < 1.29 is 22.7 Å². The smallest absolute Gasteiger partial charge is 0.453 e. The molecule has 1 aromatic carbocycles. The van der Waals surface area contributed by atoms with Crippen molar-refractivity contribution in [2.45, 2.75) is 25.9 Å². The summed E-state index contributed by atoms with van der Waals surface area (Å²) in [6.07, 6.45) is -3.45. The van der Waals surface area contributed by atoms with Crippen molar-refractivity contribution in [3.8, 4) is 5.75 Å². The summed E-state index contributed by atoms with van der Waals surface area (Å²) in [5.74, 6) is -0.0859. The maximum absolute atomic E-state index is 13.1. The molecule has 0 N–H and O–H groups in total. The van der Waals surface area contributed by atoms with Gasteiger partial charge >= 0.3 is 6.18 Å². The molecule has 4 rings (SSSR count). The van der Waals surface area contributed by atoms with Crippen molar-refractivity contribution >= 4 is 17.4 Å². The summed E-state index contributed by atoms with van der Waals surface area (Å²) in [6.45, 7) is 3.91. The molecule has 3 heterocycles. The normalized spacial score (nSPS) is 15.1. The lowest BCUT2D eigenvalue weighted by Gasteiger charge is -2.33. The van der Waals surface area contributed by atoms with Crippen LogP contribution in [-0.2, 0) is 11.0 Å². The second-order valence-corrected chi connectivity index (χ2v) is 8.17. The Balaban J connectivity index is 1.30. The number of fused-ring (bicyclic) bond motifs is 1. The Morgan fingerprint density at radius 1 is 1.12 bits per heavy atom. The van der Waals surface area contributed by atoms with Crippen molar-refractivity contribution in [1.82, 2.24) is 24.7 Å². The van der Waals surface area contributed by atoms with E-state index < -0.39 is 12.0 Å². The number of piperidine rings is 1. The number of likely N-dealkylation sites (N-methyl/N-ethyl adjacent to an activating group) is 1. The highest BCUT2D eigenvalue weighted by molar-refractivity contribution is 5.79. The molecular weight excluding hydrogens is 437 g/mol. The van der Waals surface area contributed by atoms with Gasteiger partial charge in [0.15, 0.2) is 5.65 Å². The van der Waals surface area contributed by atoms with Crippen LogP contribution in [0.3, 0.4) is 0 Å². The summed E-state index contributed by atoms with van der Waals surface area (Å²) in [5.41, 5.74) is 1.18. The molecule has 0 radical (unpaired) electrons. The van der Waals surface area contributed by atoms with Crippen molar-refractivity contribution in [2.24, 2.45) is 5.92 Å². The first-order chi connectivity index (χ1) is 15.7. The number of nitrogens with zero attached hydrogens (tertiary/aromatic N) is 6. The van der Waals surface area contributed by atoms with Gasteiger partial charge in [-0.3, -0.25) is 4.79 Å². The molecule has 1 amide bonds. The van der Waals surface area contributed by atoms with Gasteiger partial charge < -0.3 is 14.5 Å². The van der Waals surface area contributed by atoms with Gasteiger partial charge in [0.2, 0.25) is 5.91 Å². The summed E-state index contributed by atoms with van der Waals surface area (Å²) < 4.78 is 45.8. The van der Waals surface area contributed by atoms with Crippen molar-refractivity contribution in [2.75, 3.05) is 38.2 Å². The molecule has 0 atom stereocenters. The Hall–Kier alpha value is -3.37. The van der Waals surface area contributed by atoms with Crippen LogP contribution in [-0.4, -0.2) is 63.9 Å². The zero-order chi connectivity index (χ0) is 23.6. The summed E-state index contributed by atoms with van der Waals surface area (Å²) in [5, 5.41) is 10.8. The molecule has 0 saturated carbocycles. The molecule has 1 saturated heterocycles. The molecule has 8 nitrogen and oxygen atoms in total. The highest BCUT2D eigenvalue weighted by atomic mass is 19.4. The Labute approximate surface area is 189 Å². The largest absolute Gasteiger partial charge is 0.492 e. The van der Waals surface area contributed by atoms with Crippen molar-refractivity contribution in [3.05, 3.63) is 47.8 Å². The quantitative estimate of drug-likeness (QED) is 0.560. The van der Waals surface area contributed by atoms with Crippen LogP contribution >= 0.6 is 0 Å². The van der Waals surface area contributed by atoms with Gasteiger partial charge in [-0.25, -0.2) is 0 Å². The standard InChI is InChI=1S/C22H25F3N6O2/c1-15-3-5-17(6-4-15)33-14-13-29(2)20(32)16-9-11-30(12-10-16)19-8-7-18-26-27-21(22(23,24)25)31(18)28-19/h3-8,16H,9-14H2,1-2H3. The van der Waals surface area contributed by atoms with Crippen LogP contribution in [0.1, 0.15) is 24.2 Å². The minimum absolute atomic E-state index is 0.0330. The van der Waals surface area contributed by atoms with Crippen LogP contribution in [0.2, 0.25) is 0 Å². The molecule has 11 heteroatoms. The lowest BCUT2D eigenvalue weighted by molar-refractivity contribution is -0.146. The van der Waals surface area contributed by atoms with Gasteiger partial charge in [0.05, 0.1) is 6.54 Å². The fourth-order valence-electron chi connectivity index (χ4n) is 3.84. The van der Waals surface area contributed by atoms with E-state index in [0.29, 0.717) is 49.4 Å². The van der Waals surface area contributed by atoms with Crippen LogP contribution < -0.4 is 9.64 Å². The summed E-state index contributed by atoms with van der Waals surface area (Å²) in [7, 11) is 1.76. The van der Waals surface area contributed by atoms with Crippen LogP contribution in [0.4, 0.5) is 19.0 Å². The van der Waals surface area contributed by atoms with Gasteiger partial charge in [-0.05, 0) is 44.0 Å². The van der Waals surface area contributed by atoms with E-state index in [9.17, 15) is 18.0 Å². The number of aryl methyl sites for hydroxylation is 1. The number of aromatic nitrogens is 4. The van der Waals surface area contributed by atoms with E-state index in [-0.39, 0.29) is 17.5 Å². The van der Waals surface area contributed by atoms with E-state index >= 15 is 0 Å². The minimum Gasteiger partial charge on any atom is -0.492 e. The average Bonchev–Trinajstić information content (AvgIpc) is 3.24. The third-order valence-corrected chi connectivity index (χ3v) is 5.76. The first kappa shape index (κ1) is 22.8. The predicted octanol–water partition coefficient (Wildman–Crippen LogP) is 3.21. The van der Waals surface area contributed by atoms with E-state index in [0.717, 1.165) is 11.3 Å². The number of hydrogen-bond acceptors (Lipinski definition) is 6. The number of benzene rings is 1. The average molecular weight is 462 g/mol. The fourth-order valence-corrected chi connectivity index (χ4v) is 3.84. The van der Waals surface area contributed by atoms with Crippen LogP contribution in [0.15, 0.2) is 36.4 Å². The molecule has 1 aliphatic rings. The zero-order valence-corrected chi connectivity index (χ0v) is 18.4. The summed E-state index contributed by atoms with van der Waals surface area (Å²) in [4.78, 5) is 16.4. The number of halogens is 3. The Morgan fingerprint density at radius 3 is 2.48 bits per heavy atom. The SMILES string of the molecule is Cc1ccc(OCCN(C)C(=O)C2CCN(c3ccc4nnc(C(F)(F)F)n4n3)CC2)cc1. The molecule has 3 aromatic rings. The molecule has 33 heavy (non-hydrogen) atoms. The lowest BCUT2D eigenvalue weighted by atomic mass is 9.95. The second-order valence-electron chi connectivity index (χ2n) is 8.17. The van der Waals surface area contributed by atoms with E-state index in [1.165, 1.54) is 6.07 Å². The number of ether oxygens (including phenoxy) is 1. The minimum atomic E-state index is -4.64. The van der Waals surface area contributed by atoms with Gasteiger partial charge in [0, 0.05) is 26.1 Å². The van der Waals surface area contributed by atoms with Crippen LogP contribution in [0.25, 0.3) is 5.65 Å². The molecule has 1 fully saturated rings. The molecule has 0 bridgehead atoms. The van der Waals surface area contributed by atoms with Crippen molar-refractivity contribution in [1.29, 1.82) is 0 Å². The number of hydrogen-bond donors (Lipinski definition) is 0. The van der Waals surface area contributed by atoms with E-state index in [1.807, 2.05) is 36.1 Å². The van der Waals surface area contributed by atoms with E-state index in [4.69, 9.17) is 4.74 Å². The number of amides is 1. The van der Waals surface area contributed by atoms with Gasteiger partial charge in [-0.1, -0.05) is 17.7 Å². The first-order valence-corrected chi connectivity index (χ1v) is 10.7. The molecule has 0 spiro atoms. The first-order valence-electron chi connectivity index (χ1n) is 10.7. The molecule has 2 aromatic heterocycles. The summed E-state index contributed by atoms with van der Waals surface area (Å²) in [6, 6.07) is 10.8. The Kier molecular flexibility index (Phi) is 6.39. The third kappa shape index (κ3) is 5.18. The van der Waals surface area contributed by atoms with Crippen molar-refractivity contribution in [3.63, 3.8) is 0 Å². The predicted molar refractivity (Wildman–Crippen MR) is 115 cm³/mol. The summed E-state index contributed by atoms with van der Waals surface area (Å²) >= 11 is 0. The monoisotopic (exact) mass is 462 g/mol. The van der Waals surface area contributed by atoms with Crippen LogP contribution in [0, 0.1) is 12.8 Å². The molecule has 1 aliphatic heterocycles. The Morgan fingerprint density at radius 2 is 1.82 bits per heavy atom. The van der Waals surface area contributed by atoms with E-state index in [2.05, 4.69) is 15.3 Å². The number of anilines is 1. The number of carbonyl (C=O) groups excluding carboxylic acids is 1. The second kappa shape index (κ2) is 9.24. The molecule has 0 aliphatic carbocycles. The zero-order valence-electron chi connectivity index (χ0n) is 18.4. The number of carbonyl (C=O) groups is 1. The lowest BCUT2D eigenvalue weighted by Crippen LogP contribution is -2.42. The number of rotatable bonds is 6. The fraction of sp³-hybridized carbons (Fsp3) is 0.455. The number of alkyl halides is 3.